The summed E-state index contributed by atoms with van der Waals surface area (Å²) in [7, 11) is 0. The summed E-state index contributed by atoms with van der Waals surface area (Å²) >= 11 is 5.15. The first kappa shape index (κ1) is 12.3. The highest BCUT2D eigenvalue weighted by molar-refractivity contribution is 9.10. The van der Waals surface area contributed by atoms with Crippen molar-refractivity contribution in [2.45, 2.75) is 19.4 Å². The third kappa shape index (κ3) is 2.02. The second kappa shape index (κ2) is 4.76. The lowest BCUT2D eigenvalue weighted by Crippen LogP contribution is -2.14. The fraction of sp³-hybridized carbons (Fsp3) is 0.357. The first-order valence-corrected chi connectivity index (χ1v) is 7.65. The van der Waals surface area contributed by atoms with Gasteiger partial charge in [0.05, 0.1) is 12.7 Å². The fourth-order valence-corrected chi connectivity index (χ4v) is 4.04. The molecule has 0 radical (unpaired) electrons. The molecule has 0 N–H and O–H groups in total. The Kier molecular flexibility index (Phi) is 3.26. The molecule has 2 atom stereocenters. The Morgan fingerprint density at radius 2 is 2.33 bits per heavy atom. The average Bonchev–Trinajstić information content (AvgIpc) is 2.95. The number of Topliss-reactive ketones (excluding diaryl/α,β-unsaturated/α-hetero) is 1. The first-order chi connectivity index (χ1) is 8.66. The van der Waals surface area contributed by atoms with E-state index in [2.05, 4.69) is 15.9 Å². The summed E-state index contributed by atoms with van der Waals surface area (Å²) in [5, 5.41) is 3.03. The fourth-order valence-electron chi connectivity index (χ4n) is 2.43. The van der Waals surface area contributed by atoms with E-state index < -0.39 is 0 Å². The number of thiophene rings is 1. The lowest BCUT2D eigenvalue weighted by molar-refractivity contribution is 0.0879. The number of fused-ring (bicyclic) bond motifs is 1. The molecule has 1 saturated heterocycles. The van der Waals surface area contributed by atoms with Crippen LogP contribution in [0.3, 0.4) is 0 Å². The molecule has 3 rings (SSSR count). The van der Waals surface area contributed by atoms with Gasteiger partial charge in [0.15, 0.2) is 5.78 Å². The summed E-state index contributed by atoms with van der Waals surface area (Å²) in [5.74, 6) is 0.250. The van der Waals surface area contributed by atoms with E-state index in [9.17, 15) is 4.79 Å². The molecule has 1 aliphatic heterocycles. The zero-order valence-electron chi connectivity index (χ0n) is 9.98. The summed E-state index contributed by atoms with van der Waals surface area (Å²) in [6, 6.07) is 6.00. The van der Waals surface area contributed by atoms with Crippen LogP contribution >= 0.6 is 27.3 Å². The first-order valence-electron chi connectivity index (χ1n) is 5.98. The number of carbonyl (C=O) groups excluding carboxylic acids is 1. The molecule has 2 aromatic rings. The van der Waals surface area contributed by atoms with Crippen LogP contribution in [0.1, 0.15) is 23.7 Å². The van der Waals surface area contributed by atoms with Crippen LogP contribution in [0.2, 0.25) is 0 Å². The maximum absolute atomic E-state index is 12.5. The molecule has 94 valence electrons. The van der Waals surface area contributed by atoms with Crippen LogP contribution in [0.25, 0.3) is 10.1 Å². The Hall–Kier alpha value is -0.710. The molecule has 0 amide bonds. The van der Waals surface area contributed by atoms with Gasteiger partial charge in [0.2, 0.25) is 0 Å². The maximum Gasteiger partial charge on any atom is 0.169 e. The molecular weight excluding hydrogens is 312 g/mol. The molecule has 1 aliphatic rings. The molecular formula is C14H13BrO2S. The molecule has 2 nitrogen and oxygen atoms in total. The van der Waals surface area contributed by atoms with Crippen molar-refractivity contribution < 1.29 is 9.53 Å². The van der Waals surface area contributed by atoms with Crippen LogP contribution in [0.4, 0.5) is 0 Å². The van der Waals surface area contributed by atoms with Crippen LogP contribution in [0.15, 0.2) is 28.1 Å². The number of hydrogen-bond acceptors (Lipinski definition) is 3. The average molecular weight is 325 g/mol. The SMILES string of the molecule is CC1CC(C(=O)c2csc3c(Br)cccc23)CO1. The van der Waals surface area contributed by atoms with E-state index in [0.29, 0.717) is 6.61 Å². The number of ether oxygens (including phenoxy) is 1. The van der Waals surface area contributed by atoms with Gasteiger partial charge in [-0.3, -0.25) is 4.79 Å². The van der Waals surface area contributed by atoms with Gasteiger partial charge < -0.3 is 4.74 Å². The molecule has 0 aliphatic carbocycles. The van der Waals surface area contributed by atoms with Crippen LogP contribution < -0.4 is 0 Å². The standard InChI is InChI=1S/C14H13BrO2S/c1-8-5-9(6-17-8)13(16)11-7-18-14-10(11)3-2-4-12(14)15/h2-4,7-9H,5-6H2,1H3. The minimum atomic E-state index is 0.0248. The van der Waals surface area contributed by atoms with Crippen molar-refractivity contribution in [3.05, 3.63) is 33.6 Å². The quantitative estimate of drug-likeness (QED) is 0.771. The summed E-state index contributed by atoms with van der Waals surface area (Å²) in [4.78, 5) is 12.5. The summed E-state index contributed by atoms with van der Waals surface area (Å²) < 4.78 is 7.70. The van der Waals surface area contributed by atoms with Crippen LogP contribution in [-0.2, 0) is 4.74 Å². The van der Waals surface area contributed by atoms with E-state index in [1.807, 2.05) is 30.5 Å². The molecule has 0 saturated carbocycles. The lowest BCUT2D eigenvalue weighted by atomic mass is 9.95. The number of hydrogen-bond donors (Lipinski definition) is 0. The molecule has 0 spiro atoms. The molecule has 2 heterocycles. The van der Waals surface area contributed by atoms with Gasteiger partial charge in [-0.05, 0) is 35.3 Å². The van der Waals surface area contributed by atoms with Crippen LogP contribution in [0, 0.1) is 5.92 Å². The smallest absolute Gasteiger partial charge is 0.169 e. The third-order valence-electron chi connectivity index (χ3n) is 3.39. The number of carbonyl (C=O) groups is 1. The summed E-state index contributed by atoms with van der Waals surface area (Å²) in [5.41, 5.74) is 0.846. The Labute approximate surface area is 118 Å². The monoisotopic (exact) mass is 324 g/mol. The highest BCUT2D eigenvalue weighted by atomic mass is 79.9. The minimum absolute atomic E-state index is 0.0248. The van der Waals surface area contributed by atoms with E-state index in [1.165, 1.54) is 0 Å². The highest BCUT2D eigenvalue weighted by Gasteiger charge is 2.30. The Morgan fingerprint density at radius 1 is 1.50 bits per heavy atom. The lowest BCUT2D eigenvalue weighted by Gasteiger charge is -2.05. The second-order valence-electron chi connectivity index (χ2n) is 4.71. The number of halogens is 1. The van der Waals surface area contributed by atoms with Gasteiger partial charge in [-0.2, -0.15) is 0 Å². The highest BCUT2D eigenvalue weighted by Crippen LogP contribution is 2.34. The van der Waals surface area contributed by atoms with Crippen LogP contribution in [0.5, 0.6) is 0 Å². The van der Waals surface area contributed by atoms with Crippen LogP contribution in [-0.4, -0.2) is 18.5 Å². The summed E-state index contributed by atoms with van der Waals surface area (Å²) in [6.07, 6.45) is 1.04. The Morgan fingerprint density at radius 3 is 3.06 bits per heavy atom. The van der Waals surface area contributed by atoms with E-state index >= 15 is 0 Å². The van der Waals surface area contributed by atoms with Crippen molar-refractivity contribution in [2.75, 3.05) is 6.61 Å². The number of ketones is 1. The third-order valence-corrected chi connectivity index (χ3v) is 5.34. The van der Waals surface area contributed by atoms with E-state index in [4.69, 9.17) is 4.74 Å². The second-order valence-corrected chi connectivity index (χ2v) is 6.44. The van der Waals surface area contributed by atoms with Crippen molar-refractivity contribution in [3.63, 3.8) is 0 Å². The van der Waals surface area contributed by atoms with Crippen molar-refractivity contribution >= 4 is 43.1 Å². The molecule has 4 heteroatoms. The van der Waals surface area contributed by atoms with E-state index in [0.717, 1.165) is 26.5 Å². The topological polar surface area (TPSA) is 26.3 Å². The van der Waals surface area contributed by atoms with Gasteiger partial charge in [0.1, 0.15) is 0 Å². The maximum atomic E-state index is 12.5. The van der Waals surface area contributed by atoms with Crippen molar-refractivity contribution in [1.82, 2.24) is 0 Å². The van der Waals surface area contributed by atoms with Crippen molar-refractivity contribution in [1.29, 1.82) is 0 Å². The molecule has 1 aromatic heterocycles. The number of benzene rings is 1. The number of rotatable bonds is 2. The molecule has 2 unspecified atom stereocenters. The Bertz CT molecular complexity index is 605. The molecule has 1 aromatic carbocycles. The molecule has 18 heavy (non-hydrogen) atoms. The Balaban J connectivity index is 1.99. The molecule has 0 bridgehead atoms. The van der Waals surface area contributed by atoms with Gasteiger partial charge in [0, 0.05) is 31.4 Å². The largest absolute Gasteiger partial charge is 0.378 e. The predicted octanol–water partition coefficient (Wildman–Crippen LogP) is 4.27. The normalized spacial score (nSPS) is 23.7. The zero-order chi connectivity index (χ0) is 12.7. The van der Waals surface area contributed by atoms with Crippen molar-refractivity contribution in [2.24, 2.45) is 5.92 Å². The van der Waals surface area contributed by atoms with Crippen molar-refractivity contribution in [3.8, 4) is 0 Å². The van der Waals surface area contributed by atoms with Gasteiger partial charge in [0.25, 0.3) is 0 Å². The van der Waals surface area contributed by atoms with Gasteiger partial charge in [-0.1, -0.05) is 12.1 Å². The van der Waals surface area contributed by atoms with Gasteiger partial charge in [-0.15, -0.1) is 11.3 Å². The van der Waals surface area contributed by atoms with E-state index in [-0.39, 0.29) is 17.8 Å². The predicted molar refractivity (Wildman–Crippen MR) is 77.4 cm³/mol. The molecule has 1 fully saturated rings. The van der Waals surface area contributed by atoms with Gasteiger partial charge >= 0.3 is 0 Å². The summed E-state index contributed by atoms with van der Waals surface area (Å²) in [6.45, 7) is 2.58. The van der Waals surface area contributed by atoms with E-state index in [1.54, 1.807) is 11.3 Å². The van der Waals surface area contributed by atoms with Gasteiger partial charge in [-0.25, -0.2) is 0 Å². The zero-order valence-corrected chi connectivity index (χ0v) is 12.4. The minimum Gasteiger partial charge on any atom is -0.378 e.